The first kappa shape index (κ1) is 15.2. The third-order valence-electron chi connectivity index (χ3n) is 2.32. The van der Waals surface area contributed by atoms with Crippen molar-refractivity contribution in [3.05, 3.63) is 0 Å². The summed E-state index contributed by atoms with van der Waals surface area (Å²) < 4.78 is 35.4. The zero-order chi connectivity index (χ0) is 12.8. The second kappa shape index (κ2) is 6.05. The van der Waals surface area contributed by atoms with Crippen LogP contribution in [0.2, 0.25) is 0 Å². The van der Waals surface area contributed by atoms with Crippen LogP contribution < -0.4 is 5.32 Å². The Kier molecular flexibility index (Phi) is 5.74. The third-order valence-corrected chi connectivity index (χ3v) is 2.32. The SMILES string of the molecule is CCC(CO)(CO)NC(=O)CCC(F)(F)F. The van der Waals surface area contributed by atoms with Gasteiger partial charge in [0.2, 0.25) is 5.91 Å². The van der Waals surface area contributed by atoms with E-state index in [1.54, 1.807) is 6.92 Å². The highest BCUT2D eigenvalue weighted by Crippen LogP contribution is 2.21. The number of carbonyl (C=O) groups excluding carboxylic acids is 1. The monoisotopic (exact) mass is 243 g/mol. The first-order valence-electron chi connectivity index (χ1n) is 4.88. The number of aliphatic hydroxyl groups excluding tert-OH is 2. The predicted octanol–water partition coefficient (Wildman–Crippen LogP) is 0.579. The van der Waals surface area contributed by atoms with Gasteiger partial charge < -0.3 is 15.5 Å². The minimum Gasteiger partial charge on any atom is -0.394 e. The molecule has 0 heterocycles. The van der Waals surface area contributed by atoms with Gasteiger partial charge in [-0.05, 0) is 6.42 Å². The van der Waals surface area contributed by atoms with E-state index < -0.39 is 43.7 Å². The summed E-state index contributed by atoms with van der Waals surface area (Å²) in [5, 5.41) is 20.1. The number of hydrogen-bond acceptors (Lipinski definition) is 3. The molecule has 0 fully saturated rings. The maximum atomic E-state index is 11.8. The lowest BCUT2D eigenvalue weighted by Crippen LogP contribution is -2.53. The van der Waals surface area contributed by atoms with Crippen LogP contribution in [0, 0.1) is 0 Å². The molecule has 0 aromatic heterocycles. The van der Waals surface area contributed by atoms with E-state index >= 15 is 0 Å². The van der Waals surface area contributed by atoms with Crippen molar-refractivity contribution in [1.82, 2.24) is 5.32 Å². The molecule has 0 spiro atoms. The van der Waals surface area contributed by atoms with Crippen LogP contribution in [0.5, 0.6) is 0 Å². The van der Waals surface area contributed by atoms with Gasteiger partial charge in [-0.1, -0.05) is 6.92 Å². The van der Waals surface area contributed by atoms with Crippen LogP contribution >= 0.6 is 0 Å². The molecule has 0 aromatic rings. The molecule has 0 aliphatic carbocycles. The second-order valence-corrected chi connectivity index (χ2v) is 3.61. The molecular weight excluding hydrogens is 227 g/mol. The average molecular weight is 243 g/mol. The molecule has 0 rings (SSSR count). The van der Waals surface area contributed by atoms with Gasteiger partial charge in [0.05, 0.1) is 25.2 Å². The Balaban J connectivity index is 4.21. The minimum atomic E-state index is -4.38. The van der Waals surface area contributed by atoms with Crippen molar-refractivity contribution in [2.45, 2.75) is 37.9 Å². The van der Waals surface area contributed by atoms with Gasteiger partial charge >= 0.3 is 6.18 Å². The van der Waals surface area contributed by atoms with Gasteiger partial charge in [-0.15, -0.1) is 0 Å². The van der Waals surface area contributed by atoms with Crippen molar-refractivity contribution in [1.29, 1.82) is 0 Å². The Morgan fingerprint density at radius 2 is 1.75 bits per heavy atom. The Hall–Kier alpha value is -0.820. The maximum absolute atomic E-state index is 11.8. The first-order valence-corrected chi connectivity index (χ1v) is 4.88. The van der Waals surface area contributed by atoms with E-state index in [9.17, 15) is 18.0 Å². The molecule has 96 valence electrons. The lowest BCUT2D eigenvalue weighted by Gasteiger charge is -2.29. The topological polar surface area (TPSA) is 69.6 Å². The van der Waals surface area contributed by atoms with Gasteiger partial charge in [0.15, 0.2) is 0 Å². The number of halogens is 3. The van der Waals surface area contributed by atoms with E-state index in [4.69, 9.17) is 10.2 Å². The van der Waals surface area contributed by atoms with Crippen molar-refractivity contribution in [2.24, 2.45) is 0 Å². The number of hydrogen-bond donors (Lipinski definition) is 3. The average Bonchev–Trinajstić information content (AvgIpc) is 2.22. The molecular formula is C9H16F3NO3. The molecule has 4 nitrogen and oxygen atoms in total. The summed E-state index contributed by atoms with van der Waals surface area (Å²) in [5.41, 5.74) is -1.23. The highest BCUT2D eigenvalue weighted by Gasteiger charge is 2.31. The van der Waals surface area contributed by atoms with Gasteiger partial charge in [0, 0.05) is 6.42 Å². The number of alkyl halides is 3. The molecule has 7 heteroatoms. The Labute approximate surface area is 91.5 Å². The quantitative estimate of drug-likeness (QED) is 0.639. The number of aliphatic hydroxyl groups is 2. The van der Waals surface area contributed by atoms with Gasteiger partial charge in [-0.2, -0.15) is 13.2 Å². The molecule has 0 saturated heterocycles. The summed E-state index contributed by atoms with van der Waals surface area (Å²) in [6.07, 6.45) is -6.07. The van der Waals surface area contributed by atoms with Crippen LogP contribution in [0.15, 0.2) is 0 Å². The van der Waals surface area contributed by atoms with Crippen molar-refractivity contribution in [3.8, 4) is 0 Å². The van der Waals surface area contributed by atoms with E-state index in [0.29, 0.717) is 0 Å². The highest BCUT2D eigenvalue weighted by atomic mass is 19.4. The Bertz CT molecular complexity index is 218. The van der Waals surface area contributed by atoms with E-state index in [2.05, 4.69) is 5.32 Å². The molecule has 16 heavy (non-hydrogen) atoms. The van der Waals surface area contributed by atoms with E-state index in [1.165, 1.54) is 0 Å². The zero-order valence-corrected chi connectivity index (χ0v) is 8.97. The number of carbonyl (C=O) groups is 1. The van der Waals surface area contributed by atoms with Crippen molar-refractivity contribution in [2.75, 3.05) is 13.2 Å². The van der Waals surface area contributed by atoms with E-state index in [-0.39, 0.29) is 6.42 Å². The lowest BCUT2D eigenvalue weighted by atomic mass is 9.98. The van der Waals surface area contributed by atoms with Gasteiger partial charge in [-0.25, -0.2) is 0 Å². The molecule has 1 amide bonds. The summed E-state index contributed by atoms with van der Waals surface area (Å²) in [6, 6.07) is 0. The molecule has 0 bridgehead atoms. The van der Waals surface area contributed by atoms with Crippen molar-refractivity contribution >= 4 is 5.91 Å². The normalized spacial score (nSPS) is 12.6. The fourth-order valence-corrected chi connectivity index (χ4v) is 1.05. The predicted molar refractivity (Wildman–Crippen MR) is 50.6 cm³/mol. The molecule has 0 radical (unpaired) electrons. The van der Waals surface area contributed by atoms with Crippen LogP contribution in [0.1, 0.15) is 26.2 Å². The molecule has 0 unspecified atom stereocenters. The lowest BCUT2D eigenvalue weighted by molar-refractivity contribution is -0.145. The Morgan fingerprint density at radius 1 is 1.25 bits per heavy atom. The van der Waals surface area contributed by atoms with Gasteiger partial charge in [-0.3, -0.25) is 4.79 Å². The fourth-order valence-electron chi connectivity index (χ4n) is 1.05. The smallest absolute Gasteiger partial charge is 0.389 e. The number of amides is 1. The van der Waals surface area contributed by atoms with Gasteiger partial charge in [0.1, 0.15) is 0 Å². The van der Waals surface area contributed by atoms with Crippen molar-refractivity contribution < 1.29 is 28.2 Å². The Morgan fingerprint density at radius 3 is 2.06 bits per heavy atom. The van der Waals surface area contributed by atoms with Crippen LogP contribution in [-0.2, 0) is 4.79 Å². The maximum Gasteiger partial charge on any atom is 0.389 e. The van der Waals surface area contributed by atoms with E-state index in [0.717, 1.165) is 0 Å². The molecule has 0 aromatic carbocycles. The van der Waals surface area contributed by atoms with Crippen LogP contribution in [0.3, 0.4) is 0 Å². The zero-order valence-electron chi connectivity index (χ0n) is 8.97. The largest absolute Gasteiger partial charge is 0.394 e. The fraction of sp³-hybridized carbons (Fsp3) is 0.889. The summed E-state index contributed by atoms with van der Waals surface area (Å²) in [5.74, 6) is -0.831. The molecule has 0 aliphatic heterocycles. The highest BCUT2D eigenvalue weighted by molar-refractivity contribution is 5.76. The second-order valence-electron chi connectivity index (χ2n) is 3.61. The number of nitrogens with one attached hydrogen (secondary N) is 1. The van der Waals surface area contributed by atoms with Gasteiger partial charge in [0.25, 0.3) is 0 Å². The van der Waals surface area contributed by atoms with Crippen LogP contribution in [0.25, 0.3) is 0 Å². The van der Waals surface area contributed by atoms with E-state index in [1.807, 2.05) is 0 Å². The molecule has 0 aliphatic rings. The summed E-state index contributed by atoms with van der Waals surface area (Å²) in [4.78, 5) is 11.1. The molecule has 0 atom stereocenters. The summed E-state index contributed by atoms with van der Waals surface area (Å²) in [7, 11) is 0. The molecule has 3 N–H and O–H groups in total. The first-order chi connectivity index (χ1) is 7.28. The number of rotatable bonds is 6. The summed E-state index contributed by atoms with van der Waals surface area (Å²) >= 11 is 0. The molecule has 0 saturated carbocycles. The third kappa shape index (κ3) is 5.32. The minimum absolute atomic E-state index is 0.234. The standard InChI is InChI=1S/C9H16F3NO3/c1-2-8(5-14,6-15)13-7(16)3-4-9(10,11)12/h14-15H,2-6H2,1H3,(H,13,16). The van der Waals surface area contributed by atoms with Crippen molar-refractivity contribution in [3.63, 3.8) is 0 Å². The summed E-state index contributed by atoms with van der Waals surface area (Å²) in [6.45, 7) is 0.575. The van der Waals surface area contributed by atoms with Crippen LogP contribution in [0.4, 0.5) is 13.2 Å². The van der Waals surface area contributed by atoms with Crippen LogP contribution in [-0.4, -0.2) is 41.0 Å².